The molecule has 0 saturated heterocycles. The van der Waals surface area contributed by atoms with Gasteiger partial charge in [-0.05, 0) is 24.5 Å². The number of nitrogens with zero attached hydrogens (tertiary/aromatic N) is 4. The van der Waals surface area contributed by atoms with Gasteiger partial charge in [-0.25, -0.2) is 4.98 Å². The van der Waals surface area contributed by atoms with Crippen molar-refractivity contribution in [3.8, 4) is 0 Å². The van der Waals surface area contributed by atoms with E-state index in [4.69, 9.17) is 0 Å². The Labute approximate surface area is 142 Å². The van der Waals surface area contributed by atoms with Crippen molar-refractivity contribution >= 4 is 29.0 Å². The van der Waals surface area contributed by atoms with E-state index in [9.17, 15) is 4.79 Å². The maximum absolute atomic E-state index is 12.6. The van der Waals surface area contributed by atoms with Gasteiger partial charge in [0.05, 0.1) is 6.20 Å². The van der Waals surface area contributed by atoms with Crippen LogP contribution in [0.5, 0.6) is 0 Å². The Balaban J connectivity index is 1.93. The van der Waals surface area contributed by atoms with Gasteiger partial charge in [0.2, 0.25) is 11.9 Å². The van der Waals surface area contributed by atoms with Crippen LogP contribution in [-0.2, 0) is 4.79 Å². The number of hydrogen-bond donors (Lipinski definition) is 1. The van der Waals surface area contributed by atoms with Crippen molar-refractivity contribution in [2.75, 3.05) is 29.2 Å². The Kier molecular flexibility index (Phi) is 4.38. The number of hydrogen-bond acceptors (Lipinski definition) is 5. The highest BCUT2D eigenvalue weighted by Crippen LogP contribution is 2.34. The summed E-state index contributed by atoms with van der Waals surface area (Å²) >= 11 is 0. The second kappa shape index (κ2) is 6.47. The molecule has 1 unspecified atom stereocenters. The van der Waals surface area contributed by atoms with Gasteiger partial charge in [0.1, 0.15) is 11.7 Å². The third-order valence-electron chi connectivity index (χ3n) is 4.25. The van der Waals surface area contributed by atoms with Gasteiger partial charge in [-0.15, -0.1) is 0 Å². The maximum atomic E-state index is 12.6. The fraction of sp³-hybridized carbons (Fsp3) is 0.389. The monoisotopic (exact) mass is 325 g/mol. The highest BCUT2D eigenvalue weighted by molar-refractivity contribution is 6.04. The van der Waals surface area contributed by atoms with Crippen LogP contribution in [0.4, 0.5) is 23.1 Å². The Morgan fingerprint density at radius 3 is 2.58 bits per heavy atom. The number of nitrogens with one attached hydrogen (secondary N) is 1. The van der Waals surface area contributed by atoms with E-state index in [1.165, 1.54) is 0 Å². The fourth-order valence-electron chi connectivity index (χ4n) is 2.93. The molecule has 1 aromatic heterocycles. The van der Waals surface area contributed by atoms with Crippen molar-refractivity contribution in [1.29, 1.82) is 0 Å². The topological polar surface area (TPSA) is 61.4 Å². The van der Waals surface area contributed by atoms with Crippen LogP contribution in [0, 0.1) is 5.92 Å². The summed E-state index contributed by atoms with van der Waals surface area (Å²) in [5, 5.41) is 3.20. The van der Waals surface area contributed by atoms with Crippen molar-refractivity contribution in [3.63, 3.8) is 0 Å². The SMILES string of the molecule is CC(C)CC1C(=O)N(C)c2cnc(Nc3ccccc3)nc2N1C. The number of carbonyl (C=O) groups excluding carboxylic acids is 1. The molecule has 0 fully saturated rings. The average molecular weight is 325 g/mol. The summed E-state index contributed by atoms with van der Waals surface area (Å²) in [6, 6.07) is 9.61. The third-order valence-corrected chi connectivity index (χ3v) is 4.25. The number of amides is 1. The van der Waals surface area contributed by atoms with Crippen LogP contribution >= 0.6 is 0 Å². The molecule has 0 spiro atoms. The minimum Gasteiger partial charge on any atom is -0.346 e. The summed E-state index contributed by atoms with van der Waals surface area (Å²) in [5.41, 5.74) is 1.67. The van der Waals surface area contributed by atoms with Crippen LogP contribution in [0.15, 0.2) is 36.5 Å². The highest BCUT2D eigenvalue weighted by Gasteiger charge is 2.36. The Morgan fingerprint density at radius 1 is 1.21 bits per heavy atom. The molecule has 1 aromatic carbocycles. The molecule has 2 heterocycles. The van der Waals surface area contributed by atoms with Gasteiger partial charge < -0.3 is 15.1 Å². The van der Waals surface area contributed by atoms with Gasteiger partial charge in [-0.2, -0.15) is 4.98 Å². The summed E-state index contributed by atoms with van der Waals surface area (Å²) in [6.45, 7) is 4.25. The van der Waals surface area contributed by atoms with E-state index in [1.54, 1.807) is 18.1 Å². The van der Waals surface area contributed by atoms with Gasteiger partial charge in [0.25, 0.3) is 0 Å². The zero-order valence-corrected chi connectivity index (χ0v) is 14.5. The van der Waals surface area contributed by atoms with Gasteiger partial charge in [0, 0.05) is 19.8 Å². The summed E-state index contributed by atoms with van der Waals surface area (Å²) in [4.78, 5) is 25.2. The lowest BCUT2D eigenvalue weighted by Gasteiger charge is -2.39. The lowest BCUT2D eigenvalue weighted by Crippen LogP contribution is -2.51. The molecule has 6 heteroatoms. The molecule has 3 rings (SSSR count). The number of fused-ring (bicyclic) bond motifs is 1. The van der Waals surface area contributed by atoms with Crippen molar-refractivity contribution < 1.29 is 4.79 Å². The minimum absolute atomic E-state index is 0.0890. The Bertz CT molecular complexity index is 731. The second-order valence-corrected chi connectivity index (χ2v) is 6.55. The molecule has 24 heavy (non-hydrogen) atoms. The summed E-state index contributed by atoms with van der Waals surface area (Å²) in [7, 11) is 3.71. The largest absolute Gasteiger partial charge is 0.346 e. The van der Waals surface area contributed by atoms with Crippen LogP contribution in [0.25, 0.3) is 0 Å². The number of para-hydroxylation sites is 1. The first-order chi connectivity index (χ1) is 11.5. The molecule has 0 radical (unpaired) electrons. The first-order valence-corrected chi connectivity index (χ1v) is 8.17. The maximum Gasteiger partial charge on any atom is 0.249 e. The summed E-state index contributed by atoms with van der Waals surface area (Å²) in [6.07, 6.45) is 2.50. The molecule has 2 aromatic rings. The van der Waals surface area contributed by atoms with Crippen molar-refractivity contribution in [2.24, 2.45) is 5.92 Å². The first-order valence-electron chi connectivity index (χ1n) is 8.17. The minimum atomic E-state index is -0.193. The molecule has 1 atom stereocenters. The van der Waals surface area contributed by atoms with E-state index in [0.29, 0.717) is 11.9 Å². The van der Waals surface area contributed by atoms with Crippen LogP contribution in [-0.4, -0.2) is 36.0 Å². The number of anilines is 4. The quantitative estimate of drug-likeness (QED) is 0.936. The highest BCUT2D eigenvalue weighted by atomic mass is 16.2. The van der Waals surface area contributed by atoms with Crippen LogP contribution in [0.2, 0.25) is 0 Å². The zero-order valence-electron chi connectivity index (χ0n) is 14.5. The second-order valence-electron chi connectivity index (χ2n) is 6.55. The predicted molar refractivity (Wildman–Crippen MR) is 96.8 cm³/mol. The lowest BCUT2D eigenvalue weighted by molar-refractivity contribution is -0.120. The summed E-state index contributed by atoms with van der Waals surface area (Å²) in [5.74, 6) is 1.82. The zero-order chi connectivity index (χ0) is 17.3. The normalized spacial score (nSPS) is 17.2. The number of rotatable bonds is 4. The predicted octanol–water partition coefficient (Wildman–Crippen LogP) is 3.05. The van der Waals surface area contributed by atoms with E-state index in [1.807, 2.05) is 42.3 Å². The van der Waals surface area contributed by atoms with Crippen LogP contribution < -0.4 is 15.1 Å². The molecule has 0 saturated carbocycles. The summed E-state index contributed by atoms with van der Waals surface area (Å²) < 4.78 is 0. The number of benzene rings is 1. The van der Waals surface area contributed by atoms with E-state index < -0.39 is 0 Å². The molecule has 6 nitrogen and oxygen atoms in total. The molecule has 0 bridgehead atoms. The number of aromatic nitrogens is 2. The van der Waals surface area contributed by atoms with E-state index >= 15 is 0 Å². The standard InChI is InChI=1S/C18H23N5O/c1-12(2)10-14-17(24)23(4)15-11-19-18(21-16(15)22(14)3)20-13-8-6-5-7-9-13/h5-9,11-12,14H,10H2,1-4H3,(H,19,20,21). The van der Waals surface area contributed by atoms with Gasteiger partial charge >= 0.3 is 0 Å². The molecular formula is C18H23N5O. The molecule has 1 aliphatic heterocycles. The molecule has 1 amide bonds. The van der Waals surface area contributed by atoms with Crippen LogP contribution in [0.1, 0.15) is 20.3 Å². The molecule has 0 aliphatic carbocycles. The van der Waals surface area contributed by atoms with Gasteiger partial charge in [-0.3, -0.25) is 4.79 Å². The molecule has 1 aliphatic rings. The Hall–Kier alpha value is -2.63. The van der Waals surface area contributed by atoms with E-state index in [0.717, 1.165) is 23.6 Å². The van der Waals surface area contributed by atoms with E-state index in [2.05, 4.69) is 29.1 Å². The average Bonchev–Trinajstić information content (AvgIpc) is 2.57. The fourth-order valence-corrected chi connectivity index (χ4v) is 2.93. The van der Waals surface area contributed by atoms with Crippen molar-refractivity contribution in [1.82, 2.24) is 9.97 Å². The molecular weight excluding hydrogens is 302 g/mol. The van der Waals surface area contributed by atoms with Crippen LogP contribution in [0.3, 0.4) is 0 Å². The lowest BCUT2D eigenvalue weighted by atomic mass is 9.99. The first kappa shape index (κ1) is 16.2. The van der Waals surface area contributed by atoms with Gasteiger partial charge in [0.15, 0.2) is 5.82 Å². The number of likely N-dealkylation sites (N-methyl/N-ethyl adjacent to an activating group) is 2. The molecule has 1 N–H and O–H groups in total. The van der Waals surface area contributed by atoms with Crippen molar-refractivity contribution in [3.05, 3.63) is 36.5 Å². The van der Waals surface area contributed by atoms with E-state index in [-0.39, 0.29) is 11.9 Å². The molecule has 126 valence electrons. The van der Waals surface area contributed by atoms with Gasteiger partial charge in [-0.1, -0.05) is 32.0 Å². The smallest absolute Gasteiger partial charge is 0.249 e. The van der Waals surface area contributed by atoms with Crippen molar-refractivity contribution in [2.45, 2.75) is 26.3 Å². The Morgan fingerprint density at radius 2 is 1.92 bits per heavy atom. The number of carbonyl (C=O) groups is 1. The third kappa shape index (κ3) is 3.04.